The fraction of sp³-hybridized carbons (Fsp3) is 0.917. The number of hydrogen-bond donors (Lipinski definition) is 4. The highest BCUT2D eigenvalue weighted by atomic mass is 16.6. The SMILES string of the molecule is CC1(C)CC(OC(=O)NC(CO)CO)C(C)(C)N1O. The number of hydroxylamine groups is 2. The molecule has 0 radical (unpaired) electrons. The Morgan fingerprint density at radius 2 is 1.89 bits per heavy atom. The molecule has 4 N–H and O–H groups in total. The quantitative estimate of drug-likeness (QED) is 0.580. The minimum atomic E-state index is -0.741. The molecule has 1 heterocycles. The first-order chi connectivity index (χ1) is 8.65. The number of aliphatic hydroxyl groups excluding tert-OH is 2. The zero-order valence-corrected chi connectivity index (χ0v) is 11.9. The van der Waals surface area contributed by atoms with E-state index in [4.69, 9.17) is 14.9 Å². The lowest BCUT2D eigenvalue weighted by atomic mass is 9.97. The van der Waals surface area contributed by atoms with Gasteiger partial charge < -0.3 is 25.5 Å². The molecule has 0 aromatic carbocycles. The van der Waals surface area contributed by atoms with E-state index in [1.165, 1.54) is 5.06 Å². The number of aliphatic hydroxyl groups is 2. The first kappa shape index (κ1) is 16.2. The van der Waals surface area contributed by atoms with Gasteiger partial charge in [-0.3, -0.25) is 0 Å². The number of carbonyl (C=O) groups excluding carboxylic acids is 1. The topological polar surface area (TPSA) is 102 Å². The molecule has 1 rings (SSSR count). The average molecular weight is 276 g/mol. The summed E-state index contributed by atoms with van der Waals surface area (Å²) in [5.74, 6) is 0. The molecule has 0 bridgehead atoms. The van der Waals surface area contributed by atoms with Crippen molar-refractivity contribution in [2.24, 2.45) is 0 Å². The van der Waals surface area contributed by atoms with E-state index >= 15 is 0 Å². The van der Waals surface area contributed by atoms with Crippen molar-refractivity contribution in [2.45, 2.75) is 57.3 Å². The van der Waals surface area contributed by atoms with Crippen molar-refractivity contribution >= 4 is 6.09 Å². The van der Waals surface area contributed by atoms with Gasteiger partial charge in [0.25, 0.3) is 0 Å². The number of hydrogen-bond acceptors (Lipinski definition) is 6. The number of rotatable bonds is 4. The van der Waals surface area contributed by atoms with Crippen molar-refractivity contribution in [1.29, 1.82) is 0 Å². The van der Waals surface area contributed by atoms with E-state index in [9.17, 15) is 10.0 Å². The van der Waals surface area contributed by atoms with Crippen LogP contribution in [0.5, 0.6) is 0 Å². The number of carbonyl (C=O) groups is 1. The summed E-state index contributed by atoms with van der Waals surface area (Å²) in [5.41, 5.74) is -1.18. The van der Waals surface area contributed by atoms with Crippen molar-refractivity contribution in [1.82, 2.24) is 10.4 Å². The lowest BCUT2D eigenvalue weighted by molar-refractivity contribution is -0.201. The third-order valence-corrected chi connectivity index (χ3v) is 3.60. The summed E-state index contributed by atoms with van der Waals surface area (Å²) in [4.78, 5) is 11.7. The Bertz CT molecular complexity index is 328. The van der Waals surface area contributed by atoms with Crippen LogP contribution >= 0.6 is 0 Å². The molecule has 19 heavy (non-hydrogen) atoms. The maximum Gasteiger partial charge on any atom is 0.407 e. The number of ether oxygens (including phenoxy) is 1. The van der Waals surface area contributed by atoms with Crippen molar-refractivity contribution < 1.29 is 25.0 Å². The summed E-state index contributed by atoms with van der Waals surface area (Å²) in [6.45, 7) is 6.57. The maximum absolute atomic E-state index is 11.7. The molecule has 1 aliphatic heterocycles. The molecule has 1 atom stereocenters. The lowest BCUT2D eigenvalue weighted by Crippen LogP contribution is -2.50. The smallest absolute Gasteiger partial charge is 0.407 e. The number of nitrogens with one attached hydrogen (secondary N) is 1. The van der Waals surface area contributed by atoms with Gasteiger partial charge in [-0.25, -0.2) is 4.79 Å². The Morgan fingerprint density at radius 3 is 2.26 bits per heavy atom. The van der Waals surface area contributed by atoms with Crippen LogP contribution in [0.25, 0.3) is 0 Å². The molecule has 7 heteroatoms. The largest absolute Gasteiger partial charge is 0.444 e. The predicted molar refractivity (Wildman–Crippen MR) is 67.8 cm³/mol. The standard InChI is InChI=1S/C12H24N2O5/c1-11(2)5-9(12(3,4)14(11)18)19-10(17)13-8(6-15)7-16/h8-9,15-16,18H,5-7H2,1-4H3,(H,13,17). The number of amides is 1. The zero-order chi connectivity index (χ0) is 14.8. The van der Waals surface area contributed by atoms with Gasteiger partial charge in [0.15, 0.2) is 0 Å². The van der Waals surface area contributed by atoms with Gasteiger partial charge in [-0.15, -0.1) is 0 Å². The molecular formula is C12H24N2O5. The van der Waals surface area contributed by atoms with Gasteiger partial charge in [-0.05, 0) is 27.7 Å². The third-order valence-electron chi connectivity index (χ3n) is 3.60. The van der Waals surface area contributed by atoms with E-state index in [-0.39, 0.29) is 13.2 Å². The van der Waals surface area contributed by atoms with Gasteiger partial charge in [0.2, 0.25) is 0 Å². The molecule has 0 saturated carbocycles. The second-order valence-corrected chi connectivity index (χ2v) is 6.08. The molecule has 1 aliphatic rings. The summed E-state index contributed by atoms with van der Waals surface area (Å²) in [6.07, 6.45) is -0.699. The van der Waals surface area contributed by atoms with Crippen LogP contribution in [-0.4, -0.2) is 63.0 Å². The molecular weight excluding hydrogens is 252 g/mol. The monoisotopic (exact) mass is 276 g/mol. The average Bonchev–Trinajstić information content (AvgIpc) is 2.47. The highest BCUT2D eigenvalue weighted by Gasteiger charge is 2.53. The Kier molecular flexibility index (Phi) is 4.78. The lowest BCUT2D eigenvalue weighted by Gasteiger charge is -2.35. The van der Waals surface area contributed by atoms with Gasteiger partial charge >= 0.3 is 6.09 Å². The Balaban J connectivity index is 2.65. The summed E-state index contributed by atoms with van der Waals surface area (Å²) < 4.78 is 5.29. The van der Waals surface area contributed by atoms with E-state index in [1.54, 1.807) is 13.8 Å². The number of nitrogens with zero attached hydrogens (tertiary/aromatic N) is 1. The van der Waals surface area contributed by atoms with Crippen molar-refractivity contribution in [3.63, 3.8) is 0 Å². The van der Waals surface area contributed by atoms with Crippen LogP contribution in [0.2, 0.25) is 0 Å². The van der Waals surface area contributed by atoms with Gasteiger partial charge in [0.05, 0.1) is 24.8 Å². The van der Waals surface area contributed by atoms with E-state index in [2.05, 4.69) is 5.32 Å². The second-order valence-electron chi connectivity index (χ2n) is 6.08. The fourth-order valence-corrected chi connectivity index (χ4v) is 2.37. The first-order valence-corrected chi connectivity index (χ1v) is 6.33. The van der Waals surface area contributed by atoms with Crippen LogP contribution < -0.4 is 5.32 Å². The van der Waals surface area contributed by atoms with Crippen LogP contribution in [0.15, 0.2) is 0 Å². The van der Waals surface area contributed by atoms with Crippen molar-refractivity contribution in [3.8, 4) is 0 Å². The van der Waals surface area contributed by atoms with E-state index in [0.717, 1.165) is 0 Å². The summed E-state index contributed by atoms with van der Waals surface area (Å²) in [5, 5.41) is 31.4. The first-order valence-electron chi connectivity index (χ1n) is 6.33. The van der Waals surface area contributed by atoms with E-state index in [0.29, 0.717) is 6.42 Å². The molecule has 112 valence electrons. The van der Waals surface area contributed by atoms with Crippen LogP contribution in [0.4, 0.5) is 4.79 Å². The molecule has 1 fully saturated rings. The van der Waals surface area contributed by atoms with E-state index < -0.39 is 29.3 Å². The van der Waals surface area contributed by atoms with Crippen LogP contribution in [0, 0.1) is 0 Å². The number of alkyl carbamates (subject to hydrolysis) is 1. The molecule has 7 nitrogen and oxygen atoms in total. The molecule has 0 spiro atoms. The minimum absolute atomic E-state index is 0.364. The Labute approximate surface area is 113 Å². The minimum Gasteiger partial charge on any atom is -0.444 e. The van der Waals surface area contributed by atoms with Gasteiger partial charge in [-0.2, -0.15) is 5.06 Å². The zero-order valence-electron chi connectivity index (χ0n) is 11.9. The Hall–Kier alpha value is -0.890. The van der Waals surface area contributed by atoms with Crippen LogP contribution in [0.3, 0.4) is 0 Å². The molecule has 1 unspecified atom stereocenters. The van der Waals surface area contributed by atoms with Gasteiger partial charge in [-0.1, -0.05) is 0 Å². The summed E-state index contributed by atoms with van der Waals surface area (Å²) in [6, 6.07) is -0.741. The second kappa shape index (κ2) is 5.62. The van der Waals surface area contributed by atoms with Gasteiger partial charge in [0, 0.05) is 12.0 Å². The highest BCUT2D eigenvalue weighted by molar-refractivity contribution is 5.68. The Morgan fingerprint density at radius 1 is 1.37 bits per heavy atom. The molecule has 0 aromatic rings. The summed E-state index contributed by atoms with van der Waals surface area (Å²) in [7, 11) is 0. The normalized spacial score (nSPS) is 25.6. The van der Waals surface area contributed by atoms with Gasteiger partial charge in [0.1, 0.15) is 6.10 Å². The van der Waals surface area contributed by atoms with E-state index in [1.807, 2.05) is 13.8 Å². The maximum atomic E-state index is 11.7. The fourth-order valence-electron chi connectivity index (χ4n) is 2.37. The molecule has 1 saturated heterocycles. The molecule has 0 aliphatic carbocycles. The van der Waals surface area contributed by atoms with Crippen molar-refractivity contribution in [2.75, 3.05) is 13.2 Å². The molecule has 1 amide bonds. The molecule has 0 aromatic heterocycles. The predicted octanol–water partition coefficient (Wildman–Crippen LogP) is 0.0865. The highest BCUT2D eigenvalue weighted by Crippen LogP contribution is 2.40. The third kappa shape index (κ3) is 3.36. The van der Waals surface area contributed by atoms with Crippen LogP contribution in [-0.2, 0) is 4.74 Å². The van der Waals surface area contributed by atoms with Crippen LogP contribution in [0.1, 0.15) is 34.1 Å². The van der Waals surface area contributed by atoms with Crippen molar-refractivity contribution in [3.05, 3.63) is 0 Å². The summed E-state index contributed by atoms with van der Waals surface area (Å²) >= 11 is 0.